The second-order valence-electron chi connectivity index (χ2n) is 3.28. The van der Waals surface area contributed by atoms with Gasteiger partial charge in [-0.15, -0.1) is 0 Å². The summed E-state index contributed by atoms with van der Waals surface area (Å²) in [6.07, 6.45) is 0.452. The van der Waals surface area contributed by atoms with Crippen molar-refractivity contribution >= 4 is 5.97 Å². The van der Waals surface area contributed by atoms with Crippen molar-refractivity contribution in [1.29, 1.82) is 0 Å². The Morgan fingerprint density at radius 1 is 1.33 bits per heavy atom. The van der Waals surface area contributed by atoms with Crippen LogP contribution in [0.5, 0.6) is 0 Å². The molecule has 0 spiro atoms. The molecule has 4 N–H and O–H groups in total. The topological polar surface area (TPSA) is 78.3 Å². The smallest absolute Gasteiger partial charge is 0.323 e. The molecule has 0 unspecified atom stereocenters. The van der Waals surface area contributed by atoms with Crippen molar-refractivity contribution in [3.63, 3.8) is 0 Å². The fraction of sp³-hybridized carbons (Fsp3) is 0.364. The molecule has 1 rings (SSSR count). The van der Waals surface area contributed by atoms with E-state index in [4.69, 9.17) is 16.2 Å². The Balaban J connectivity index is 2.34. The summed E-state index contributed by atoms with van der Waals surface area (Å²) in [5, 5.41) is 0. The molecule has 0 heterocycles. The minimum absolute atomic E-state index is 0.262. The molecule has 0 radical (unpaired) electrons. The number of rotatable bonds is 5. The van der Waals surface area contributed by atoms with Gasteiger partial charge in [-0.05, 0) is 18.5 Å². The Morgan fingerprint density at radius 2 is 2.00 bits per heavy atom. The molecular weight excluding hydrogens is 192 g/mol. The van der Waals surface area contributed by atoms with E-state index in [1.54, 1.807) is 0 Å². The second kappa shape index (κ2) is 6.16. The highest BCUT2D eigenvalue weighted by Gasteiger charge is 2.13. The molecule has 0 saturated heterocycles. The Morgan fingerprint density at radius 3 is 2.60 bits per heavy atom. The minimum Gasteiger partial charge on any atom is -0.460 e. The number of nitrogens with two attached hydrogens (primary N) is 2. The van der Waals surface area contributed by atoms with E-state index < -0.39 is 12.0 Å². The second-order valence-corrected chi connectivity index (χ2v) is 3.28. The van der Waals surface area contributed by atoms with Crippen LogP contribution in [0.4, 0.5) is 0 Å². The van der Waals surface area contributed by atoms with E-state index in [-0.39, 0.29) is 6.61 Å². The first kappa shape index (κ1) is 11.7. The first-order chi connectivity index (χ1) is 7.24. The maximum atomic E-state index is 11.3. The van der Waals surface area contributed by atoms with E-state index in [1.165, 1.54) is 0 Å². The fourth-order valence-corrected chi connectivity index (χ4v) is 1.13. The van der Waals surface area contributed by atoms with E-state index in [9.17, 15) is 4.79 Å². The van der Waals surface area contributed by atoms with Gasteiger partial charge in [-0.2, -0.15) is 0 Å². The van der Waals surface area contributed by atoms with Crippen molar-refractivity contribution in [2.45, 2.75) is 19.1 Å². The van der Waals surface area contributed by atoms with Crippen LogP contribution in [0.2, 0.25) is 0 Å². The third-order valence-electron chi connectivity index (χ3n) is 2.00. The lowest BCUT2D eigenvalue weighted by Gasteiger charge is -2.10. The molecule has 1 aromatic carbocycles. The van der Waals surface area contributed by atoms with Gasteiger partial charge in [0.2, 0.25) is 0 Å². The van der Waals surface area contributed by atoms with Gasteiger partial charge in [-0.3, -0.25) is 4.79 Å². The van der Waals surface area contributed by atoms with Crippen LogP contribution < -0.4 is 11.5 Å². The summed E-state index contributed by atoms with van der Waals surface area (Å²) in [5.41, 5.74) is 11.8. The standard InChI is InChI=1S/C11H16N2O2/c12-7-6-10(13)11(14)15-8-9-4-2-1-3-5-9/h1-5,10H,6-8,12-13H2/t10-/m0/s1. The average molecular weight is 208 g/mol. The van der Waals surface area contributed by atoms with Crippen LogP contribution in [0.15, 0.2) is 30.3 Å². The number of esters is 1. The number of ether oxygens (including phenoxy) is 1. The molecule has 4 heteroatoms. The summed E-state index contributed by atoms with van der Waals surface area (Å²) >= 11 is 0. The van der Waals surface area contributed by atoms with Gasteiger partial charge in [0.15, 0.2) is 0 Å². The van der Waals surface area contributed by atoms with Gasteiger partial charge in [0.25, 0.3) is 0 Å². The van der Waals surface area contributed by atoms with Crippen LogP contribution >= 0.6 is 0 Å². The normalized spacial score (nSPS) is 12.1. The van der Waals surface area contributed by atoms with E-state index in [1.807, 2.05) is 30.3 Å². The Kier molecular flexibility index (Phi) is 4.80. The van der Waals surface area contributed by atoms with Gasteiger partial charge in [-0.25, -0.2) is 0 Å². The minimum atomic E-state index is -0.612. The fourth-order valence-electron chi connectivity index (χ4n) is 1.13. The molecule has 0 aliphatic rings. The molecule has 0 amide bonds. The zero-order valence-electron chi connectivity index (χ0n) is 8.56. The van der Waals surface area contributed by atoms with Crippen molar-refractivity contribution in [3.05, 3.63) is 35.9 Å². The van der Waals surface area contributed by atoms with Crippen molar-refractivity contribution < 1.29 is 9.53 Å². The Hall–Kier alpha value is -1.39. The highest BCUT2D eigenvalue weighted by molar-refractivity contribution is 5.75. The quantitative estimate of drug-likeness (QED) is 0.687. The van der Waals surface area contributed by atoms with E-state index >= 15 is 0 Å². The molecule has 0 aliphatic carbocycles. The molecule has 0 bridgehead atoms. The molecule has 1 aromatic rings. The zero-order chi connectivity index (χ0) is 11.1. The molecule has 0 fully saturated rings. The summed E-state index contributed by atoms with van der Waals surface area (Å²) in [6.45, 7) is 0.652. The highest BCUT2D eigenvalue weighted by Crippen LogP contribution is 2.01. The first-order valence-corrected chi connectivity index (χ1v) is 4.90. The van der Waals surface area contributed by atoms with E-state index in [0.717, 1.165) is 5.56 Å². The van der Waals surface area contributed by atoms with Gasteiger partial charge in [-0.1, -0.05) is 30.3 Å². The van der Waals surface area contributed by atoms with Crippen LogP contribution in [0.1, 0.15) is 12.0 Å². The maximum Gasteiger partial charge on any atom is 0.323 e. The third kappa shape index (κ3) is 4.10. The molecule has 15 heavy (non-hydrogen) atoms. The molecule has 4 nitrogen and oxygen atoms in total. The Labute approximate surface area is 89.2 Å². The summed E-state index contributed by atoms with van der Waals surface area (Å²) < 4.78 is 5.02. The lowest BCUT2D eigenvalue weighted by molar-refractivity contribution is -0.146. The van der Waals surface area contributed by atoms with Gasteiger partial charge in [0.1, 0.15) is 12.6 Å². The predicted octanol–water partition coefficient (Wildman–Crippen LogP) is 0.406. The number of hydrogen-bond donors (Lipinski definition) is 2. The molecule has 0 aliphatic heterocycles. The van der Waals surface area contributed by atoms with Crippen LogP contribution in [-0.4, -0.2) is 18.6 Å². The lowest BCUT2D eigenvalue weighted by Crippen LogP contribution is -2.34. The van der Waals surface area contributed by atoms with Gasteiger partial charge < -0.3 is 16.2 Å². The molecule has 0 saturated carbocycles. The van der Waals surface area contributed by atoms with Crippen molar-refractivity contribution in [1.82, 2.24) is 0 Å². The maximum absolute atomic E-state index is 11.3. The highest BCUT2D eigenvalue weighted by atomic mass is 16.5. The molecule has 1 atom stereocenters. The number of carbonyl (C=O) groups excluding carboxylic acids is 1. The summed E-state index contributed by atoms with van der Waals surface area (Å²) in [6, 6.07) is 8.86. The van der Waals surface area contributed by atoms with Gasteiger partial charge >= 0.3 is 5.97 Å². The van der Waals surface area contributed by atoms with E-state index in [2.05, 4.69) is 0 Å². The van der Waals surface area contributed by atoms with Crippen molar-refractivity contribution in [2.75, 3.05) is 6.54 Å². The predicted molar refractivity (Wildman–Crippen MR) is 57.9 cm³/mol. The van der Waals surface area contributed by atoms with Crippen molar-refractivity contribution in [2.24, 2.45) is 11.5 Å². The zero-order valence-corrected chi connectivity index (χ0v) is 8.56. The molecule has 82 valence electrons. The third-order valence-corrected chi connectivity index (χ3v) is 2.00. The molecular formula is C11H16N2O2. The number of carbonyl (C=O) groups is 1. The van der Waals surface area contributed by atoms with Gasteiger partial charge in [0.05, 0.1) is 0 Å². The number of hydrogen-bond acceptors (Lipinski definition) is 4. The largest absolute Gasteiger partial charge is 0.460 e. The molecule has 0 aromatic heterocycles. The van der Waals surface area contributed by atoms with Crippen LogP contribution in [0.3, 0.4) is 0 Å². The average Bonchev–Trinajstić information content (AvgIpc) is 2.27. The summed E-state index contributed by atoms with van der Waals surface area (Å²) in [7, 11) is 0. The lowest BCUT2D eigenvalue weighted by atomic mass is 10.2. The van der Waals surface area contributed by atoms with Crippen LogP contribution in [0.25, 0.3) is 0 Å². The summed E-state index contributed by atoms with van der Waals surface area (Å²) in [4.78, 5) is 11.3. The number of benzene rings is 1. The van der Waals surface area contributed by atoms with Crippen molar-refractivity contribution in [3.8, 4) is 0 Å². The monoisotopic (exact) mass is 208 g/mol. The van der Waals surface area contributed by atoms with E-state index in [0.29, 0.717) is 13.0 Å². The van der Waals surface area contributed by atoms with Gasteiger partial charge in [0, 0.05) is 0 Å². The van der Waals surface area contributed by atoms with Crippen LogP contribution in [0, 0.1) is 0 Å². The van der Waals surface area contributed by atoms with Crippen LogP contribution in [-0.2, 0) is 16.1 Å². The first-order valence-electron chi connectivity index (χ1n) is 4.90. The summed E-state index contributed by atoms with van der Waals surface area (Å²) in [5.74, 6) is -0.399. The Bertz CT molecular complexity index is 301. The SMILES string of the molecule is NCC[C@H](N)C(=O)OCc1ccccc1.